The van der Waals surface area contributed by atoms with Gasteiger partial charge >= 0.3 is 0 Å². The number of amides is 1. The summed E-state index contributed by atoms with van der Waals surface area (Å²) in [5, 5.41) is 30.7. The van der Waals surface area contributed by atoms with E-state index in [1.54, 1.807) is 29.2 Å². The Bertz CT molecular complexity index is 938. The van der Waals surface area contributed by atoms with Gasteiger partial charge in [0, 0.05) is 24.7 Å². The van der Waals surface area contributed by atoms with Crippen LogP contribution in [0.2, 0.25) is 0 Å². The van der Waals surface area contributed by atoms with Gasteiger partial charge in [-0.3, -0.25) is 9.59 Å². The highest BCUT2D eigenvalue weighted by molar-refractivity contribution is 6.12. The van der Waals surface area contributed by atoms with Crippen LogP contribution >= 0.6 is 0 Å². The highest BCUT2D eigenvalue weighted by Crippen LogP contribution is 2.35. The lowest BCUT2D eigenvalue weighted by Gasteiger charge is -2.30. The molecule has 3 rings (SSSR count). The lowest BCUT2D eigenvalue weighted by atomic mass is 9.89. The fourth-order valence-corrected chi connectivity index (χ4v) is 3.92. The smallest absolute Gasteiger partial charge is 0.227 e. The number of carbonyl (C=O) groups excluding carboxylic acids is 2. The maximum Gasteiger partial charge on any atom is 0.227 e. The highest BCUT2D eigenvalue weighted by atomic mass is 16.5. The number of methoxy groups -OCH3 is 1. The molecule has 1 fully saturated rings. The molecule has 0 spiro atoms. The third-order valence-electron chi connectivity index (χ3n) is 5.51. The summed E-state index contributed by atoms with van der Waals surface area (Å²) in [6, 6.07) is 7.61. The van der Waals surface area contributed by atoms with Crippen molar-refractivity contribution in [2.75, 3.05) is 20.2 Å². The van der Waals surface area contributed by atoms with Crippen molar-refractivity contribution in [3.63, 3.8) is 0 Å². The lowest BCUT2D eigenvalue weighted by molar-refractivity contribution is -0.133. The van der Waals surface area contributed by atoms with Gasteiger partial charge in [0.2, 0.25) is 5.91 Å². The number of nitrogens with zero attached hydrogens (tertiary/aromatic N) is 1. The van der Waals surface area contributed by atoms with Crippen molar-refractivity contribution in [3.05, 3.63) is 52.6 Å². The average molecular weight is 413 g/mol. The van der Waals surface area contributed by atoms with Gasteiger partial charge in [0.1, 0.15) is 17.2 Å². The first kappa shape index (κ1) is 21.6. The summed E-state index contributed by atoms with van der Waals surface area (Å²) in [6.45, 7) is 2.59. The lowest BCUT2D eigenvalue weighted by Crippen LogP contribution is -2.43. The molecular weight excluding hydrogens is 386 g/mol. The number of piperidine rings is 1. The number of ketones is 1. The second kappa shape index (κ2) is 9.17. The van der Waals surface area contributed by atoms with Crippen molar-refractivity contribution in [2.45, 2.75) is 38.7 Å². The van der Waals surface area contributed by atoms with E-state index in [0.717, 1.165) is 6.07 Å². The third-order valence-corrected chi connectivity index (χ3v) is 5.51. The normalized spacial score (nSPS) is 16.4. The monoisotopic (exact) mass is 413 g/mol. The average Bonchev–Trinajstić information content (AvgIpc) is 2.73. The van der Waals surface area contributed by atoms with Crippen molar-refractivity contribution >= 4 is 11.7 Å². The molecule has 30 heavy (non-hydrogen) atoms. The topological polar surface area (TPSA) is 107 Å². The molecule has 3 N–H and O–H groups in total. The van der Waals surface area contributed by atoms with Crippen molar-refractivity contribution in [1.29, 1.82) is 0 Å². The number of ether oxygens (including phenoxy) is 1. The molecule has 7 heteroatoms. The number of aromatic hydroxyl groups is 2. The number of rotatable bonds is 6. The molecule has 0 saturated carbocycles. The van der Waals surface area contributed by atoms with Crippen LogP contribution in [0.1, 0.15) is 46.8 Å². The molecule has 2 aromatic rings. The van der Waals surface area contributed by atoms with Gasteiger partial charge in [-0.1, -0.05) is 6.92 Å². The summed E-state index contributed by atoms with van der Waals surface area (Å²) >= 11 is 0. The molecule has 0 aromatic heterocycles. The third kappa shape index (κ3) is 4.41. The van der Waals surface area contributed by atoms with Crippen molar-refractivity contribution < 1.29 is 29.6 Å². The molecule has 1 atom stereocenters. The number of hydrogen-bond donors (Lipinski definition) is 3. The summed E-state index contributed by atoms with van der Waals surface area (Å²) in [4.78, 5) is 27.7. The van der Waals surface area contributed by atoms with Crippen LogP contribution in [0.3, 0.4) is 0 Å². The summed E-state index contributed by atoms with van der Waals surface area (Å²) in [6.07, 6.45) is 1.04. The van der Waals surface area contributed by atoms with Crippen LogP contribution in [0.4, 0.5) is 0 Å². The van der Waals surface area contributed by atoms with Gasteiger partial charge in [-0.05, 0) is 54.7 Å². The van der Waals surface area contributed by atoms with Crippen LogP contribution in [0, 0.1) is 0 Å². The van der Waals surface area contributed by atoms with Gasteiger partial charge in [0.15, 0.2) is 5.78 Å². The van der Waals surface area contributed by atoms with E-state index >= 15 is 0 Å². The molecule has 1 heterocycles. The molecule has 2 aromatic carbocycles. The maximum absolute atomic E-state index is 13.2. The fourth-order valence-electron chi connectivity index (χ4n) is 3.92. The molecule has 160 valence electrons. The Hall–Kier alpha value is -3.06. The summed E-state index contributed by atoms with van der Waals surface area (Å²) in [7, 11) is 1.53. The number of aliphatic hydroxyl groups excluding tert-OH is 1. The Balaban J connectivity index is 2.01. The summed E-state index contributed by atoms with van der Waals surface area (Å²) in [5.74, 6) is -0.617. The van der Waals surface area contributed by atoms with Gasteiger partial charge < -0.3 is 25.0 Å². The minimum absolute atomic E-state index is 0.0146. The number of phenols is 2. The molecule has 1 amide bonds. The molecule has 0 bridgehead atoms. The Morgan fingerprint density at radius 2 is 1.83 bits per heavy atom. The quantitative estimate of drug-likeness (QED) is 0.628. The summed E-state index contributed by atoms with van der Waals surface area (Å²) in [5.41, 5.74) is 1.12. The first-order chi connectivity index (χ1) is 14.3. The predicted octanol–water partition coefficient (Wildman–Crippen LogP) is 2.43. The zero-order chi connectivity index (χ0) is 21.8. The van der Waals surface area contributed by atoms with E-state index in [1.165, 1.54) is 7.11 Å². The number of benzene rings is 2. The molecule has 7 nitrogen and oxygen atoms in total. The highest BCUT2D eigenvalue weighted by Gasteiger charge is 2.28. The largest absolute Gasteiger partial charge is 0.508 e. The minimum Gasteiger partial charge on any atom is -0.508 e. The van der Waals surface area contributed by atoms with E-state index in [9.17, 15) is 24.9 Å². The van der Waals surface area contributed by atoms with Crippen LogP contribution in [-0.4, -0.2) is 58.2 Å². The van der Waals surface area contributed by atoms with Crippen LogP contribution in [0.25, 0.3) is 0 Å². The first-order valence-corrected chi connectivity index (χ1v) is 10.1. The second-order valence-corrected chi connectivity index (χ2v) is 7.47. The molecule has 1 saturated heterocycles. The van der Waals surface area contributed by atoms with Crippen LogP contribution < -0.4 is 4.74 Å². The van der Waals surface area contributed by atoms with Crippen molar-refractivity contribution in [1.82, 2.24) is 4.90 Å². The number of hydrogen-bond acceptors (Lipinski definition) is 6. The maximum atomic E-state index is 13.2. The van der Waals surface area contributed by atoms with E-state index in [2.05, 4.69) is 0 Å². The van der Waals surface area contributed by atoms with E-state index in [-0.39, 0.29) is 35.9 Å². The van der Waals surface area contributed by atoms with E-state index in [4.69, 9.17) is 4.74 Å². The fraction of sp³-hybridized carbons (Fsp3) is 0.391. The molecule has 1 aliphatic heterocycles. The van der Waals surface area contributed by atoms with E-state index < -0.39 is 11.9 Å². The van der Waals surface area contributed by atoms with Gasteiger partial charge in [0.05, 0.1) is 25.2 Å². The van der Waals surface area contributed by atoms with Crippen LogP contribution in [0.5, 0.6) is 17.2 Å². The first-order valence-electron chi connectivity index (χ1n) is 10.1. The molecule has 1 unspecified atom stereocenters. The Kier molecular flexibility index (Phi) is 6.62. The number of β-amino-alcohol motifs (C(OH)–C–C–N with tert-alkyl or cyclic N) is 1. The molecular formula is C23H27NO6. The Morgan fingerprint density at radius 3 is 2.43 bits per heavy atom. The Morgan fingerprint density at radius 1 is 1.13 bits per heavy atom. The molecule has 0 aliphatic carbocycles. The van der Waals surface area contributed by atoms with Gasteiger partial charge in [0.25, 0.3) is 0 Å². The second-order valence-electron chi connectivity index (χ2n) is 7.47. The molecule has 1 aliphatic rings. The van der Waals surface area contributed by atoms with Crippen LogP contribution in [0.15, 0.2) is 30.3 Å². The van der Waals surface area contributed by atoms with E-state index in [1.807, 2.05) is 6.92 Å². The van der Waals surface area contributed by atoms with Gasteiger partial charge in [-0.2, -0.15) is 0 Å². The zero-order valence-corrected chi connectivity index (χ0v) is 17.2. The predicted molar refractivity (Wildman–Crippen MR) is 111 cm³/mol. The van der Waals surface area contributed by atoms with E-state index in [0.29, 0.717) is 48.2 Å². The summed E-state index contributed by atoms with van der Waals surface area (Å²) < 4.78 is 5.12. The standard InChI is InChI=1S/C23H27NO6/c1-3-17-18(11-21(28)24-10-4-5-15(25)13-24)22(20(27)12-19(17)26)23(29)14-6-8-16(30-2)9-7-14/h6-9,12,15,25-27H,3-5,10-11,13H2,1-2H3. The van der Waals surface area contributed by atoms with Crippen molar-refractivity contribution in [3.8, 4) is 17.2 Å². The number of phenolic OH excluding ortho intramolecular Hbond substituents is 2. The molecule has 0 radical (unpaired) electrons. The number of carbonyl (C=O) groups is 2. The Labute approximate surface area is 175 Å². The van der Waals surface area contributed by atoms with Gasteiger partial charge in [-0.15, -0.1) is 0 Å². The zero-order valence-electron chi connectivity index (χ0n) is 17.2. The van der Waals surface area contributed by atoms with Crippen molar-refractivity contribution in [2.24, 2.45) is 0 Å². The SMILES string of the molecule is CCc1c(O)cc(O)c(C(=O)c2ccc(OC)cc2)c1CC(=O)N1CCCC(O)C1. The minimum atomic E-state index is -0.564. The van der Waals surface area contributed by atoms with Gasteiger partial charge in [-0.25, -0.2) is 0 Å². The number of aliphatic hydroxyl groups is 1. The number of likely N-dealkylation sites (tertiary alicyclic amines) is 1. The van der Waals surface area contributed by atoms with Crippen LogP contribution in [-0.2, 0) is 17.6 Å².